The van der Waals surface area contributed by atoms with E-state index in [4.69, 9.17) is 0 Å². The number of aromatic nitrogens is 3. The molecule has 0 saturated heterocycles. The van der Waals surface area contributed by atoms with Crippen LogP contribution in [0.3, 0.4) is 0 Å². The summed E-state index contributed by atoms with van der Waals surface area (Å²) in [5, 5.41) is 3.43. The van der Waals surface area contributed by atoms with Crippen LogP contribution >= 0.6 is 0 Å². The van der Waals surface area contributed by atoms with Crippen molar-refractivity contribution in [3.8, 4) is 5.69 Å². The van der Waals surface area contributed by atoms with Gasteiger partial charge in [-0.15, -0.1) is 0 Å². The first-order valence-corrected chi connectivity index (χ1v) is 6.15. The molecule has 2 aromatic rings. The summed E-state index contributed by atoms with van der Waals surface area (Å²) in [6.45, 7) is 9.21. The number of rotatable bonds is 3. The summed E-state index contributed by atoms with van der Waals surface area (Å²) in [5.41, 5.74) is 3.25. The maximum atomic E-state index is 4.41. The summed E-state index contributed by atoms with van der Waals surface area (Å²) < 4.78 is 2.02. The molecule has 0 fully saturated rings. The standard InChI is InChI=1S/C14H20N4/c1-11-7-13(5-6-15-11)18-9-12(16-10-18)8-17-14(2,3)4/h5-7,9-10,17H,8H2,1-4H3. The highest BCUT2D eigenvalue weighted by molar-refractivity contribution is 5.32. The second kappa shape index (κ2) is 4.90. The van der Waals surface area contributed by atoms with Crippen LogP contribution in [0.2, 0.25) is 0 Å². The SMILES string of the molecule is Cc1cc(-n2cnc(CNC(C)(C)C)c2)ccn1. The maximum Gasteiger partial charge on any atom is 0.0995 e. The van der Waals surface area contributed by atoms with Crippen molar-refractivity contribution >= 4 is 0 Å². The third-order valence-corrected chi connectivity index (χ3v) is 2.61. The van der Waals surface area contributed by atoms with E-state index in [1.54, 1.807) is 0 Å². The summed E-state index contributed by atoms with van der Waals surface area (Å²) in [5.74, 6) is 0. The van der Waals surface area contributed by atoms with Crippen molar-refractivity contribution in [2.45, 2.75) is 39.8 Å². The molecule has 2 rings (SSSR count). The first-order valence-electron chi connectivity index (χ1n) is 6.15. The Morgan fingerprint density at radius 3 is 2.72 bits per heavy atom. The van der Waals surface area contributed by atoms with E-state index in [0.29, 0.717) is 0 Å². The Labute approximate surface area is 108 Å². The number of nitrogens with one attached hydrogen (secondary N) is 1. The number of imidazole rings is 1. The third-order valence-electron chi connectivity index (χ3n) is 2.61. The molecule has 1 N–H and O–H groups in total. The van der Waals surface area contributed by atoms with Gasteiger partial charge in [-0.2, -0.15) is 0 Å². The van der Waals surface area contributed by atoms with Crippen molar-refractivity contribution in [3.05, 3.63) is 42.2 Å². The van der Waals surface area contributed by atoms with E-state index in [1.165, 1.54) is 0 Å². The molecule has 2 heterocycles. The fraction of sp³-hybridized carbons (Fsp3) is 0.429. The van der Waals surface area contributed by atoms with Gasteiger partial charge in [-0.3, -0.25) is 4.98 Å². The van der Waals surface area contributed by atoms with Crippen molar-refractivity contribution in [1.29, 1.82) is 0 Å². The molecular weight excluding hydrogens is 224 g/mol. The second-order valence-electron chi connectivity index (χ2n) is 5.53. The zero-order valence-corrected chi connectivity index (χ0v) is 11.4. The minimum absolute atomic E-state index is 0.108. The van der Waals surface area contributed by atoms with Gasteiger partial charge in [-0.25, -0.2) is 4.98 Å². The molecule has 4 heteroatoms. The van der Waals surface area contributed by atoms with E-state index in [-0.39, 0.29) is 5.54 Å². The summed E-state index contributed by atoms with van der Waals surface area (Å²) in [7, 11) is 0. The van der Waals surface area contributed by atoms with Crippen molar-refractivity contribution in [2.24, 2.45) is 0 Å². The molecule has 96 valence electrons. The predicted molar refractivity (Wildman–Crippen MR) is 72.7 cm³/mol. The summed E-state index contributed by atoms with van der Waals surface area (Å²) >= 11 is 0. The van der Waals surface area contributed by atoms with E-state index in [9.17, 15) is 0 Å². The van der Waals surface area contributed by atoms with Crippen molar-refractivity contribution in [1.82, 2.24) is 19.9 Å². The van der Waals surface area contributed by atoms with Crippen LogP contribution in [-0.4, -0.2) is 20.1 Å². The highest BCUT2D eigenvalue weighted by Gasteiger charge is 2.09. The Morgan fingerprint density at radius 1 is 1.28 bits per heavy atom. The van der Waals surface area contributed by atoms with Gasteiger partial charge in [0.1, 0.15) is 0 Å². The molecule has 0 spiro atoms. The lowest BCUT2D eigenvalue weighted by Crippen LogP contribution is -2.35. The van der Waals surface area contributed by atoms with Crippen LogP contribution in [0, 0.1) is 6.92 Å². The Balaban J connectivity index is 2.11. The molecule has 0 aromatic carbocycles. The topological polar surface area (TPSA) is 42.7 Å². The number of hydrogen-bond acceptors (Lipinski definition) is 3. The summed E-state index contributed by atoms with van der Waals surface area (Å²) in [4.78, 5) is 8.60. The molecule has 0 aliphatic rings. The van der Waals surface area contributed by atoms with E-state index >= 15 is 0 Å². The smallest absolute Gasteiger partial charge is 0.0995 e. The number of aryl methyl sites for hydroxylation is 1. The highest BCUT2D eigenvalue weighted by atomic mass is 15.1. The van der Waals surface area contributed by atoms with Crippen LogP contribution < -0.4 is 5.32 Å². The zero-order valence-electron chi connectivity index (χ0n) is 11.4. The van der Waals surface area contributed by atoms with E-state index < -0.39 is 0 Å². The second-order valence-corrected chi connectivity index (χ2v) is 5.53. The van der Waals surface area contributed by atoms with Gasteiger partial charge in [-0.1, -0.05) is 0 Å². The average molecular weight is 244 g/mol. The van der Waals surface area contributed by atoms with Gasteiger partial charge >= 0.3 is 0 Å². The van der Waals surface area contributed by atoms with Crippen LogP contribution in [0.1, 0.15) is 32.2 Å². The zero-order chi connectivity index (χ0) is 13.2. The minimum atomic E-state index is 0.108. The minimum Gasteiger partial charge on any atom is -0.306 e. The lowest BCUT2D eigenvalue weighted by atomic mass is 10.1. The van der Waals surface area contributed by atoms with E-state index in [1.807, 2.05) is 42.3 Å². The van der Waals surface area contributed by atoms with Gasteiger partial charge < -0.3 is 9.88 Å². The maximum absolute atomic E-state index is 4.41. The average Bonchev–Trinajstić information content (AvgIpc) is 2.74. The van der Waals surface area contributed by atoms with Gasteiger partial charge in [0.05, 0.1) is 12.0 Å². The van der Waals surface area contributed by atoms with E-state index in [0.717, 1.165) is 23.6 Å². The lowest BCUT2D eigenvalue weighted by Gasteiger charge is -2.19. The number of nitrogens with zero attached hydrogens (tertiary/aromatic N) is 3. The molecule has 18 heavy (non-hydrogen) atoms. The molecule has 0 atom stereocenters. The fourth-order valence-electron chi connectivity index (χ4n) is 1.64. The molecule has 0 amide bonds. The molecule has 4 nitrogen and oxygen atoms in total. The van der Waals surface area contributed by atoms with Gasteiger partial charge in [0, 0.05) is 35.9 Å². The first kappa shape index (κ1) is 12.8. The van der Waals surface area contributed by atoms with Gasteiger partial charge in [0.25, 0.3) is 0 Å². The van der Waals surface area contributed by atoms with Crippen LogP contribution in [0.15, 0.2) is 30.9 Å². The lowest BCUT2D eigenvalue weighted by molar-refractivity contribution is 0.421. The summed E-state index contributed by atoms with van der Waals surface area (Å²) in [6, 6.07) is 4.03. The molecule has 0 radical (unpaired) electrons. The number of hydrogen-bond donors (Lipinski definition) is 1. The Kier molecular flexibility index (Phi) is 3.48. The van der Waals surface area contributed by atoms with E-state index in [2.05, 4.69) is 36.1 Å². The molecular formula is C14H20N4. The number of pyridine rings is 1. The summed E-state index contributed by atoms with van der Waals surface area (Å²) in [6.07, 6.45) is 5.71. The largest absolute Gasteiger partial charge is 0.306 e. The van der Waals surface area contributed by atoms with Crippen LogP contribution in [0.25, 0.3) is 5.69 Å². The molecule has 0 aliphatic carbocycles. The predicted octanol–water partition coefficient (Wildman–Crippen LogP) is 2.46. The Bertz CT molecular complexity index is 523. The molecule has 0 aliphatic heterocycles. The van der Waals surface area contributed by atoms with Crippen molar-refractivity contribution in [2.75, 3.05) is 0 Å². The molecule has 2 aromatic heterocycles. The van der Waals surface area contributed by atoms with Gasteiger partial charge in [0.2, 0.25) is 0 Å². The first-order chi connectivity index (χ1) is 8.44. The van der Waals surface area contributed by atoms with Gasteiger partial charge in [-0.05, 0) is 39.8 Å². The quantitative estimate of drug-likeness (QED) is 0.902. The monoisotopic (exact) mass is 244 g/mol. The van der Waals surface area contributed by atoms with Crippen LogP contribution in [0.4, 0.5) is 0 Å². The Morgan fingerprint density at radius 2 is 2.06 bits per heavy atom. The fourth-order valence-corrected chi connectivity index (χ4v) is 1.64. The molecule has 0 unspecified atom stereocenters. The third kappa shape index (κ3) is 3.40. The molecule has 0 saturated carbocycles. The molecule has 0 bridgehead atoms. The normalized spacial score (nSPS) is 11.8. The highest BCUT2D eigenvalue weighted by Crippen LogP contribution is 2.10. The van der Waals surface area contributed by atoms with Crippen molar-refractivity contribution < 1.29 is 0 Å². The van der Waals surface area contributed by atoms with Gasteiger partial charge in [0.15, 0.2) is 0 Å². The van der Waals surface area contributed by atoms with Crippen molar-refractivity contribution in [3.63, 3.8) is 0 Å². The Hall–Kier alpha value is -1.68. The van der Waals surface area contributed by atoms with Crippen LogP contribution in [-0.2, 0) is 6.54 Å². The van der Waals surface area contributed by atoms with Crippen LogP contribution in [0.5, 0.6) is 0 Å².